The molecule has 0 aromatic heterocycles. The van der Waals surface area contributed by atoms with E-state index in [4.69, 9.17) is 4.74 Å². The molecule has 1 aliphatic rings. The molecular formula is C21H24N2O3. The van der Waals surface area contributed by atoms with Crippen molar-refractivity contribution in [3.63, 3.8) is 0 Å². The number of rotatable bonds is 7. The van der Waals surface area contributed by atoms with Gasteiger partial charge in [-0.25, -0.2) is 0 Å². The summed E-state index contributed by atoms with van der Waals surface area (Å²) >= 11 is 0. The number of likely N-dealkylation sites (tertiary alicyclic amines) is 1. The highest BCUT2D eigenvalue weighted by atomic mass is 16.5. The van der Waals surface area contributed by atoms with Crippen molar-refractivity contribution in [3.8, 4) is 5.75 Å². The highest BCUT2D eigenvalue weighted by molar-refractivity contribution is 5.95. The molecule has 0 spiro atoms. The van der Waals surface area contributed by atoms with E-state index in [9.17, 15) is 9.59 Å². The second-order valence-electron chi connectivity index (χ2n) is 6.54. The summed E-state index contributed by atoms with van der Waals surface area (Å²) < 4.78 is 5.15. The van der Waals surface area contributed by atoms with E-state index in [1.807, 2.05) is 23.1 Å². The molecule has 1 N–H and O–H groups in total. The zero-order valence-corrected chi connectivity index (χ0v) is 15.0. The summed E-state index contributed by atoms with van der Waals surface area (Å²) in [5.74, 6) is 0.574. The van der Waals surface area contributed by atoms with Gasteiger partial charge in [0.1, 0.15) is 5.75 Å². The lowest BCUT2D eigenvalue weighted by molar-refractivity contribution is -0.127. The van der Waals surface area contributed by atoms with Crippen LogP contribution in [0.15, 0.2) is 54.6 Å². The molecule has 1 aliphatic heterocycles. The molecule has 1 saturated heterocycles. The molecule has 3 rings (SSSR count). The van der Waals surface area contributed by atoms with Crippen LogP contribution in [0, 0.1) is 0 Å². The van der Waals surface area contributed by atoms with Gasteiger partial charge in [0.15, 0.2) is 0 Å². The lowest BCUT2D eigenvalue weighted by Gasteiger charge is -2.17. The largest absolute Gasteiger partial charge is 0.497 e. The predicted molar refractivity (Wildman–Crippen MR) is 100 cm³/mol. The van der Waals surface area contributed by atoms with Crippen LogP contribution in [0.2, 0.25) is 0 Å². The van der Waals surface area contributed by atoms with Gasteiger partial charge in [0, 0.05) is 25.1 Å². The van der Waals surface area contributed by atoms with Gasteiger partial charge in [-0.1, -0.05) is 36.4 Å². The third-order valence-corrected chi connectivity index (χ3v) is 4.62. The molecule has 2 aromatic carbocycles. The number of carbonyl (C=O) groups is 2. The lowest BCUT2D eigenvalue weighted by Crippen LogP contribution is -2.37. The van der Waals surface area contributed by atoms with E-state index < -0.39 is 0 Å². The Labute approximate surface area is 154 Å². The first kappa shape index (κ1) is 18.0. The molecule has 2 aromatic rings. The van der Waals surface area contributed by atoms with Gasteiger partial charge in [-0.05, 0) is 36.6 Å². The van der Waals surface area contributed by atoms with Crippen molar-refractivity contribution in [3.05, 3.63) is 65.7 Å². The normalized spacial score (nSPS) is 16.6. The Morgan fingerprint density at radius 3 is 2.77 bits per heavy atom. The Kier molecular flexibility index (Phi) is 5.89. The van der Waals surface area contributed by atoms with Crippen molar-refractivity contribution in [1.29, 1.82) is 0 Å². The predicted octanol–water partition coefficient (Wildman–Crippen LogP) is 2.66. The van der Waals surface area contributed by atoms with Gasteiger partial charge in [-0.15, -0.1) is 0 Å². The van der Waals surface area contributed by atoms with Crippen LogP contribution in [-0.2, 0) is 11.2 Å². The summed E-state index contributed by atoms with van der Waals surface area (Å²) in [5, 5.41) is 2.96. The van der Waals surface area contributed by atoms with Crippen molar-refractivity contribution < 1.29 is 14.3 Å². The van der Waals surface area contributed by atoms with E-state index in [-0.39, 0.29) is 17.9 Å². The minimum absolute atomic E-state index is 0.106. The average Bonchev–Trinajstić information content (AvgIpc) is 3.01. The summed E-state index contributed by atoms with van der Waals surface area (Å²) in [6.45, 7) is 1.29. The minimum Gasteiger partial charge on any atom is -0.497 e. The van der Waals surface area contributed by atoms with E-state index in [2.05, 4.69) is 17.4 Å². The fourth-order valence-corrected chi connectivity index (χ4v) is 3.24. The van der Waals surface area contributed by atoms with Gasteiger partial charge in [-0.2, -0.15) is 0 Å². The van der Waals surface area contributed by atoms with Gasteiger partial charge >= 0.3 is 0 Å². The number of benzene rings is 2. The molecule has 1 heterocycles. The maximum Gasteiger partial charge on any atom is 0.251 e. The molecule has 0 radical (unpaired) electrons. The molecule has 0 unspecified atom stereocenters. The smallest absolute Gasteiger partial charge is 0.251 e. The van der Waals surface area contributed by atoms with Crippen molar-refractivity contribution in [2.75, 3.05) is 20.2 Å². The van der Waals surface area contributed by atoms with Crippen LogP contribution in [-0.4, -0.2) is 43.0 Å². The third-order valence-electron chi connectivity index (χ3n) is 4.62. The maximum absolute atomic E-state index is 12.4. The number of ether oxygens (including phenoxy) is 1. The average molecular weight is 352 g/mol. The Balaban J connectivity index is 1.48. The number of nitrogens with one attached hydrogen (secondary N) is 1. The van der Waals surface area contributed by atoms with Crippen LogP contribution in [0.5, 0.6) is 5.75 Å². The maximum atomic E-state index is 12.4. The van der Waals surface area contributed by atoms with Crippen LogP contribution >= 0.6 is 0 Å². The molecule has 1 atom stereocenters. The Morgan fingerprint density at radius 1 is 1.19 bits per heavy atom. The van der Waals surface area contributed by atoms with Gasteiger partial charge in [0.05, 0.1) is 13.2 Å². The monoisotopic (exact) mass is 352 g/mol. The molecule has 0 saturated carbocycles. The molecule has 1 fully saturated rings. The van der Waals surface area contributed by atoms with Crippen molar-refractivity contribution in [2.45, 2.75) is 25.3 Å². The number of hydrogen-bond donors (Lipinski definition) is 1. The van der Waals surface area contributed by atoms with Crippen LogP contribution in [0.25, 0.3) is 0 Å². The first-order chi connectivity index (χ1) is 12.7. The zero-order valence-electron chi connectivity index (χ0n) is 15.0. The molecule has 136 valence electrons. The molecule has 5 heteroatoms. The van der Waals surface area contributed by atoms with E-state index in [0.29, 0.717) is 24.3 Å². The fourth-order valence-electron chi connectivity index (χ4n) is 3.24. The molecular weight excluding hydrogens is 328 g/mol. The Hall–Kier alpha value is -2.82. The van der Waals surface area contributed by atoms with Crippen molar-refractivity contribution in [2.24, 2.45) is 0 Å². The number of amides is 2. The number of hydrogen-bond acceptors (Lipinski definition) is 3. The first-order valence-corrected chi connectivity index (χ1v) is 8.92. The van der Waals surface area contributed by atoms with Crippen LogP contribution in [0.1, 0.15) is 28.8 Å². The number of nitrogens with zero attached hydrogens (tertiary/aromatic N) is 1. The van der Waals surface area contributed by atoms with Crippen LogP contribution in [0.4, 0.5) is 0 Å². The summed E-state index contributed by atoms with van der Waals surface area (Å²) in [5.41, 5.74) is 1.82. The molecule has 5 nitrogen and oxygen atoms in total. The Bertz CT molecular complexity index is 761. The minimum atomic E-state index is -0.173. The van der Waals surface area contributed by atoms with Gasteiger partial charge in [-0.3, -0.25) is 9.59 Å². The van der Waals surface area contributed by atoms with Crippen LogP contribution < -0.4 is 10.1 Å². The lowest BCUT2D eigenvalue weighted by atomic mass is 10.1. The van der Waals surface area contributed by atoms with Gasteiger partial charge < -0.3 is 15.0 Å². The van der Waals surface area contributed by atoms with Crippen molar-refractivity contribution >= 4 is 11.8 Å². The zero-order chi connectivity index (χ0) is 18.4. The molecule has 2 amide bonds. The third kappa shape index (κ3) is 4.63. The van der Waals surface area contributed by atoms with E-state index in [0.717, 1.165) is 19.4 Å². The van der Waals surface area contributed by atoms with E-state index in [1.54, 1.807) is 31.4 Å². The summed E-state index contributed by atoms with van der Waals surface area (Å²) in [6.07, 6.45) is 2.23. The van der Waals surface area contributed by atoms with E-state index >= 15 is 0 Å². The topological polar surface area (TPSA) is 58.6 Å². The summed E-state index contributed by atoms with van der Waals surface area (Å²) in [7, 11) is 1.57. The highest BCUT2D eigenvalue weighted by Crippen LogP contribution is 2.16. The first-order valence-electron chi connectivity index (χ1n) is 8.92. The standard InChI is InChI=1S/C21H24N2O3/c1-26-19-11-5-10-17(13-19)21(25)22-18-14-20(24)23(15-18)12-6-9-16-7-3-2-4-8-16/h2-5,7-8,10-11,13,18H,6,9,12,14-15H2,1H3,(H,22,25)/t18-/m0/s1. The number of aryl methyl sites for hydroxylation is 1. The van der Waals surface area contributed by atoms with Gasteiger partial charge in [0.25, 0.3) is 5.91 Å². The number of methoxy groups -OCH3 is 1. The van der Waals surface area contributed by atoms with Gasteiger partial charge in [0.2, 0.25) is 5.91 Å². The number of carbonyl (C=O) groups excluding carboxylic acids is 2. The molecule has 26 heavy (non-hydrogen) atoms. The Morgan fingerprint density at radius 2 is 2.00 bits per heavy atom. The second-order valence-corrected chi connectivity index (χ2v) is 6.54. The van der Waals surface area contributed by atoms with Crippen LogP contribution in [0.3, 0.4) is 0 Å². The fraction of sp³-hybridized carbons (Fsp3) is 0.333. The highest BCUT2D eigenvalue weighted by Gasteiger charge is 2.30. The summed E-state index contributed by atoms with van der Waals surface area (Å²) in [4.78, 5) is 26.4. The molecule has 0 bridgehead atoms. The summed E-state index contributed by atoms with van der Waals surface area (Å²) in [6, 6.07) is 17.1. The van der Waals surface area contributed by atoms with E-state index in [1.165, 1.54) is 5.56 Å². The quantitative estimate of drug-likeness (QED) is 0.833. The second kappa shape index (κ2) is 8.52. The molecule has 0 aliphatic carbocycles. The SMILES string of the molecule is COc1cccc(C(=O)N[C@H]2CC(=O)N(CCCc3ccccc3)C2)c1. The van der Waals surface area contributed by atoms with Crippen molar-refractivity contribution in [1.82, 2.24) is 10.2 Å².